The first-order chi connectivity index (χ1) is 7.57. The standard InChI is InChI=1S/C9H19N3O2.C2H6/c1-7(13)9(12-10)5-3-4-6-11-8(2)14;1-2/h9,12H,3-6,10H2,1-2H3,(H,11,14);1-2H3. The largest absolute Gasteiger partial charge is 0.356 e. The van der Waals surface area contributed by atoms with Gasteiger partial charge in [0.25, 0.3) is 0 Å². The molecule has 1 amide bonds. The fourth-order valence-electron chi connectivity index (χ4n) is 1.14. The van der Waals surface area contributed by atoms with Crippen LogP contribution in [0.25, 0.3) is 0 Å². The Kier molecular flexibility index (Phi) is 13.2. The van der Waals surface area contributed by atoms with Gasteiger partial charge in [-0.25, -0.2) is 5.43 Å². The summed E-state index contributed by atoms with van der Waals surface area (Å²) < 4.78 is 0. The number of nitrogens with one attached hydrogen (secondary N) is 2. The highest BCUT2D eigenvalue weighted by molar-refractivity contribution is 5.81. The van der Waals surface area contributed by atoms with E-state index >= 15 is 0 Å². The molecule has 0 aliphatic rings. The zero-order valence-electron chi connectivity index (χ0n) is 10.8. The SMILES string of the molecule is CC.CC(=O)NCCCCC(NN)C(C)=O. The first-order valence-electron chi connectivity index (χ1n) is 5.79. The predicted octanol–water partition coefficient (Wildman–Crippen LogP) is 0.740. The average Bonchev–Trinajstić information content (AvgIpc) is 2.25. The van der Waals surface area contributed by atoms with E-state index in [2.05, 4.69) is 10.7 Å². The van der Waals surface area contributed by atoms with Gasteiger partial charge in [-0.05, 0) is 26.2 Å². The molecule has 0 bridgehead atoms. The van der Waals surface area contributed by atoms with Gasteiger partial charge in [-0.15, -0.1) is 0 Å². The lowest BCUT2D eigenvalue weighted by Crippen LogP contribution is -2.40. The van der Waals surface area contributed by atoms with Crippen LogP contribution in [0.15, 0.2) is 0 Å². The Morgan fingerprint density at radius 3 is 2.12 bits per heavy atom. The minimum atomic E-state index is -0.257. The molecular weight excluding hydrogens is 206 g/mol. The van der Waals surface area contributed by atoms with Gasteiger partial charge in [-0.2, -0.15) is 0 Å². The summed E-state index contributed by atoms with van der Waals surface area (Å²) >= 11 is 0. The quantitative estimate of drug-likeness (QED) is 0.343. The van der Waals surface area contributed by atoms with Crippen molar-refractivity contribution in [3.63, 3.8) is 0 Å². The maximum absolute atomic E-state index is 10.9. The number of hydrazine groups is 1. The van der Waals surface area contributed by atoms with E-state index in [4.69, 9.17) is 5.84 Å². The smallest absolute Gasteiger partial charge is 0.216 e. The third-order valence-corrected chi connectivity index (χ3v) is 1.99. The monoisotopic (exact) mass is 231 g/mol. The van der Waals surface area contributed by atoms with Crippen molar-refractivity contribution in [3.05, 3.63) is 0 Å². The Morgan fingerprint density at radius 1 is 1.19 bits per heavy atom. The highest BCUT2D eigenvalue weighted by Crippen LogP contribution is 2.00. The van der Waals surface area contributed by atoms with Crippen LogP contribution in [-0.2, 0) is 9.59 Å². The molecule has 0 aromatic carbocycles. The fourth-order valence-corrected chi connectivity index (χ4v) is 1.14. The number of ketones is 1. The van der Waals surface area contributed by atoms with Crippen LogP contribution < -0.4 is 16.6 Å². The second-order valence-corrected chi connectivity index (χ2v) is 3.31. The van der Waals surface area contributed by atoms with Gasteiger partial charge in [0.1, 0.15) is 5.78 Å². The number of nitrogens with two attached hydrogens (primary N) is 1. The van der Waals surface area contributed by atoms with Gasteiger partial charge in [0.15, 0.2) is 0 Å². The summed E-state index contributed by atoms with van der Waals surface area (Å²) in [4.78, 5) is 21.4. The number of hydrogen-bond donors (Lipinski definition) is 3. The molecule has 0 heterocycles. The number of carbonyl (C=O) groups excluding carboxylic acids is 2. The molecule has 4 N–H and O–H groups in total. The van der Waals surface area contributed by atoms with Crippen LogP contribution in [0.2, 0.25) is 0 Å². The summed E-state index contributed by atoms with van der Waals surface area (Å²) in [5.41, 5.74) is 2.46. The molecule has 96 valence electrons. The Morgan fingerprint density at radius 2 is 1.75 bits per heavy atom. The molecule has 1 unspecified atom stereocenters. The predicted molar refractivity (Wildman–Crippen MR) is 65.7 cm³/mol. The van der Waals surface area contributed by atoms with Gasteiger partial charge in [0.05, 0.1) is 6.04 Å². The molecule has 0 aliphatic heterocycles. The second kappa shape index (κ2) is 12.1. The van der Waals surface area contributed by atoms with Gasteiger partial charge in [-0.1, -0.05) is 13.8 Å². The summed E-state index contributed by atoms with van der Waals surface area (Å²) in [6.45, 7) is 7.66. The number of unbranched alkanes of at least 4 members (excludes halogenated alkanes) is 1. The van der Waals surface area contributed by atoms with Crippen LogP contribution >= 0.6 is 0 Å². The molecule has 0 radical (unpaired) electrons. The van der Waals surface area contributed by atoms with E-state index in [1.165, 1.54) is 13.8 Å². The lowest BCUT2D eigenvalue weighted by atomic mass is 10.1. The molecule has 0 aromatic heterocycles. The minimum Gasteiger partial charge on any atom is -0.356 e. The van der Waals surface area contributed by atoms with Crippen molar-refractivity contribution in [3.8, 4) is 0 Å². The summed E-state index contributed by atoms with van der Waals surface area (Å²) in [5.74, 6) is 5.22. The molecular formula is C11H25N3O2. The van der Waals surface area contributed by atoms with Crippen molar-refractivity contribution in [2.24, 2.45) is 5.84 Å². The van der Waals surface area contributed by atoms with Gasteiger partial charge >= 0.3 is 0 Å². The third kappa shape index (κ3) is 11.1. The molecule has 0 saturated carbocycles. The van der Waals surface area contributed by atoms with Gasteiger partial charge in [0.2, 0.25) is 5.91 Å². The molecule has 0 fully saturated rings. The van der Waals surface area contributed by atoms with Gasteiger partial charge < -0.3 is 5.32 Å². The zero-order chi connectivity index (χ0) is 13.0. The normalized spacial score (nSPS) is 11.1. The van der Waals surface area contributed by atoms with Crippen molar-refractivity contribution < 1.29 is 9.59 Å². The zero-order valence-corrected chi connectivity index (χ0v) is 10.8. The highest BCUT2D eigenvalue weighted by Gasteiger charge is 2.10. The van der Waals surface area contributed by atoms with E-state index in [0.717, 1.165) is 12.8 Å². The molecule has 0 aliphatic carbocycles. The summed E-state index contributed by atoms with van der Waals surface area (Å²) in [5, 5.41) is 2.69. The molecule has 0 aromatic rings. The first-order valence-corrected chi connectivity index (χ1v) is 5.79. The topological polar surface area (TPSA) is 84.2 Å². The number of rotatable bonds is 7. The van der Waals surface area contributed by atoms with Crippen molar-refractivity contribution in [2.45, 2.75) is 53.0 Å². The van der Waals surface area contributed by atoms with Crippen LogP contribution in [0.4, 0.5) is 0 Å². The molecule has 0 rings (SSSR count). The van der Waals surface area contributed by atoms with Crippen molar-refractivity contribution in [1.82, 2.24) is 10.7 Å². The van der Waals surface area contributed by atoms with E-state index < -0.39 is 0 Å². The third-order valence-electron chi connectivity index (χ3n) is 1.99. The van der Waals surface area contributed by atoms with E-state index in [1.807, 2.05) is 13.8 Å². The van der Waals surface area contributed by atoms with E-state index in [-0.39, 0.29) is 17.7 Å². The summed E-state index contributed by atoms with van der Waals surface area (Å²) in [7, 11) is 0. The van der Waals surface area contributed by atoms with Crippen molar-refractivity contribution in [2.75, 3.05) is 6.54 Å². The Hall–Kier alpha value is -0.940. The first kappa shape index (κ1) is 17.5. The molecule has 5 nitrogen and oxygen atoms in total. The van der Waals surface area contributed by atoms with Crippen molar-refractivity contribution in [1.29, 1.82) is 0 Å². The maximum Gasteiger partial charge on any atom is 0.216 e. The molecule has 0 saturated heterocycles. The Balaban J connectivity index is 0. The Bertz CT molecular complexity index is 196. The second-order valence-electron chi connectivity index (χ2n) is 3.31. The minimum absolute atomic E-state index is 0.0231. The molecule has 0 spiro atoms. The summed E-state index contributed by atoms with van der Waals surface area (Å²) in [6.07, 6.45) is 2.45. The van der Waals surface area contributed by atoms with E-state index in [9.17, 15) is 9.59 Å². The maximum atomic E-state index is 10.9. The van der Waals surface area contributed by atoms with Crippen LogP contribution in [0, 0.1) is 0 Å². The highest BCUT2D eigenvalue weighted by atomic mass is 16.1. The number of amides is 1. The number of Topliss-reactive ketones (excluding diaryl/α,β-unsaturated/α-hetero) is 1. The van der Waals surface area contributed by atoms with Crippen LogP contribution in [0.3, 0.4) is 0 Å². The van der Waals surface area contributed by atoms with Gasteiger partial charge in [-0.3, -0.25) is 15.4 Å². The van der Waals surface area contributed by atoms with E-state index in [1.54, 1.807) is 0 Å². The van der Waals surface area contributed by atoms with Crippen LogP contribution in [0.5, 0.6) is 0 Å². The van der Waals surface area contributed by atoms with Crippen LogP contribution in [-0.4, -0.2) is 24.3 Å². The molecule has 5 heteroatoms. The number of hydrogen-bond acceptors (Lipinski definition) is 4. The lowest BCUT2D eigenvalue weighted by molar-refractivity contribution is -0.120. The molecule has 1 atom stereocenters. The fraction of sp³-hybridized carbons (Fsp3) is 0.818. The summed E-state index contributed by atoms with van der Waals surface area (Å²) in [6, 6.07) is -0.257. The van der Waals surface area contributed by atoms with Crippen molar-refractivity contribution >= 4 is 11.7 Å². The van der Waals surface area contributed by atoms with E-state index in [0.29, 0.717) is 13.0 Å². The Labute approximate surface area is 98.1 Å². The average molecular weight is 231 g/mol. The lowest BCUT2D eigenvalue weighted by Gasteiger charge is -2.11. The molecule has 16 heavy (non-hydrogen) atoms. The number of carbonyl (C=O) groups is 2. The van der Waals surface area contributed by atoms with Gasteiger partial charge in [0, 0.05) is 13.5 Å². The van der Waals surface area contributed by atoms with Crippen LogP contribution in [0.1, 0.15) is 47.0 Å².